The Morgan fingerprint density at radius 1 is 1.27 bits per heavy atom. The first-order valence-electron chi connectivity index (χ1n) is 8.78. The van der Waals surface area contributed by atoms with Gasteiger partial charge in [-0.1, -0.05) is 25.1 Å². The Hall–Kier alpha value is -2.34. The number of sulfonamides is 1. The number of nitrogens with one attached hydrogen (secondary N) is 1. The Morgan fingerprint density at radius 3 is 2.65 bits per heavy atom. The molecule has 0 saturated carbocycles. The lowest BCUT2D eigenvalue weighted by molar-refractivity contribution is -0.116. The average molecular weight is 372 g/mol. The number of anilines is 2. The molecule has 1 atom stereocenters. The van der Waals surface area contributed by atoms with Crippen molar-refractivity contribution in [3.05, 3.63) is 53.1 Å². The van der Waals surface area contributed by atoms with Crippen LogP contribution < -0.4 is 9.62 Å². The molecule has 2 aromatic rings. The molecule has 0 unspecified atom stereocenters. The highest BCUT2D eigenvalue weighted by molar-refractivity contribution is 7.92. The molecular weight excluding hydrogens is 348 g/mol. The summed E-state index contributed by atoms with van der Waals surface area (Å²) < 4.78 is 28.6. The zero-order chi connectivity index (χ0) is 19.1. The van der Waals surface area contributed by atoms with E-state index in [1.54, 1.807) is 23.1 Å². The number of aryl methyl sites for hydroxylation is 2. The second-order valence-corrected chi connectivity index (χ2v) is 8.48. The molecular formula is C20H24N2O3S. The summed E-state index contributed by atoms with van der Waals surface area (Å²) in [6.07, 6.45) is 1.40. The molecule has 0 fully saturated rings. The van der Waals surface area contributed by atoms with Crippen molar-refractivity contribution in [2.75, 3.05) is 9.62 Å². The van der Waals surface area contributed by atoms with Gasteiger partial charge in [-0.25, -0.2) is 8.42 Å². The van der Waals surface area contributed by atoms with Gasteiger partial charge in [0.1, 0.15) is 0 Å². The Labute approximate surface area is 155 Å². The summed E-state index contributed by atoms with van der Waals surface area (Å²) in [5.74, 6) is -0.0301. The first-order chi connectivity index (χ1) is 12.2. The molecule has 3 rings (SSSR count). The maximum Gasteiger partial charge on any atom is 0.261 e. The van der Waals surface area contributed by atoms with Crippen molar-refractivity contribution in [3.8, 4) is 0 Å². The Bertz CT molecular complexity index is 967. The minimum atomic E-state index is -3.70. The third-order valence-corrected chi connectivity index (χ3v) is 6.24. The fourth-order valence-corrected chi connectivity index (χ4v) is 4.84. The standard InChI is InChI=1S/C20H24N2O3S/c1-5-16-8-6-7-13(2)20(16)21-26(24,25)18-9-10-19-17(12-18)11-14(3)22(19)15(4)23/h6-10,12,14,21H,5,11H2,1-4H3/t14-/m0/s1. The topological polar surface area (TPSA) is 66.5 Å². The van der Waals surface area contributed by atoms with E-state index in [4.69, 9.17) is 0 Å². The van der Waals surface area contributed by atoms with E-state index in [2.05, 4.69) is 4.72 Å². The van der Waals surface area contributed by atoms with E-state index in [0.717, 1.165) is 28.8 Å². The van der Waals surface area contributed by atoms with Crippen LogP contribution in [0.1, 0.15) is 37.5 Å². The predicted octanol–water partition coefficient (Wildman–Crippen LogP) is 3.66. The molecule has 1 heterocycles. The van der Waals surface area contributed by atoms with Crippen molar-refractivity contribution in [3.63, 3.8) is 0 Å². The van der Waals surface area contributed by atoms with Gasteiger partial charge in [0.25, 0.3) is 10.0 Å². The van der Waals surface area contributed by atoms with Crippen LogP contribution in [0.2, 0.25) is 0 Å². The van der Waals surface area contributed by atoms with Crippen molar-refractivity contribution >= 4 is 27.3 Å². The molecule has 26 heavy (non-hydrogen) atoms. The van der Waals surface area contributed by atoms with Crippen LogP contribution in [0, 0.1) is 6.92 Å². The predicted molar refractivity (Wildman–Crippen MR) is 104 cm³/mol. The molecule has 2 aromatic carbocycles. The zero-order valence-electron chi connectivity index (χ0n) is 15.5. The third kappa shape index (κ3) is 3.21. The molecule has 1 aliphatic heterocycles. The molecule has 0 bridgehead atoms. The molecule has 0 saturated heterocycles. The normalized spacial score (nSPS) is 16.5. The van der Waals surface area contributed by atoms with Crippen molar-refractivity contribution < 1.29 is 13.2 Å². The molecule has 5 nitrogen and oxygen atoms in total. The Balaban J connectivity index is 1.98. The molecule has 6 heteroatoms. The van der Waals surface area contributed by atoms with Gasteiger partial charge < -0.3 is 4.90 Å². The first-order valence-corrected chi connectivity index (χ1v) is 10.3. The fourth-order valence-electron chi connectivity index (χ4n) is 3.62. The molecule has 0 aliphatic carbocycles. The van der Waals surface area contributed by atoms with E-state index in [-0.39, 0.29) is 16.8 Å². The second-order valence-electron chi connectivity index (χ2n) is 6.80. The summed E-state index contributed by atoms with van der Waals surface area (Å²) in [6.45, 7) is 7.39. The maximum absolute atomic E-state index is 12.9. The first kappa shape index (κ1) is 18.5. The van der Waals surface area contributed by atoms with Gasteiger partial charge in [-0.3, -0.25) is 9.52 Å². The number of benzene rings is 2. The lowest BCUT2D eigenvalue weighted by Crippen LogP contribution is -2.33. The maximum atomic E-state index is 12.9. The number of hydrogen-bond donors (Lipinski definition) is 1. The number of carbonyl (C=O) groups is 1. The second kappa shape index (κ2) is 6.76. The average Bonchev–Trinajstić information content (AvgIpc) is 2.91. The van der Waals surface area contributed by atoms with E-state index >= 15 is 0 Å². The van der Waals surface area contributed by atoms with Crippen LogP contribution in [0.5, 0.6) is 0 Å². The highest BCUT2D eigenvalue weighted by atomic mass is 32.2. The molecule has 0 aromatic heterocycles. The monoisotopic (exact) mass is 372 g/mol. The van der Waals surface area contributed by atoms with E-state index in [0.29, 0.717) is 12.1 Å². The number of carbonyl (C=O) groups excluding carboxylic acids is 1. The quantitative estimate of drug-likeness (QED) is 0.891. The zero-order valence-corrected chi connectivity index (χ0v) is 16.4. The molecule has 138 valence electrons. The number of hydrogen-bond acceptors (Lipinski definition) is 3. The lowest BCUT2D eigenvalue weighted by atomic mass is 10.1. The van der Waals surface area contributed by atoms with Crippen LogP contribution in [0.15, 0.2) is 41.3 Å². The number of fused-ring (bicyclic) bond motifs is 1. The van der Waals surface area contributed by atoms with Crippen LogP contribution in [-0.2, 0) is 27.7 Å². The van der Waals surface area contributed by atoms with E-state index in [9.17, 15) is 13.2 Å². The van der Waals surface area contributed by atoms with Gasteiger partial charge in [-0.2, -0.15) is 0 Å². The fraction of sp³-hybridized carbons (Fsp3) is 0.350. The molecule has 1 N–H and O–H groups in total. The number of amides is 1. The van der Waals surface area contributed by atoms with Crippen LogP contribution in [-0.4, -0.2) is 20.4 Å². The van der Waals surface area contributed by atoms with Crippen LogP contribution in [0.25, 0.3) is 0 Å². The SMILES string of the molecule is CCc1cccc(C)c1NS(=O)(=O)c1ccc2c(c1)C[C@H](C)N2C(C)=O. The highest BCUT2D eigenvalue weighted by Gasteiger charge is 2.30. The van der Waals surface area contributed by atoms with Crippen molar-refractivity contribution in [2.45, 2.75) is 51.5 Å². The Morgan fingerprint density at radius 2 is 2.00 bits per heavy atom. The summed E-state index contributed by atoms with van der Waals surface area (Å²) in [7, 11) is -3.70. The van der Waals surface area contributed by atoms with Gasteiger partial charge >= 0.3 is 0 Å². The van der Waals surface area contributed by atoms with Crippen molar-refractivity contribution in [1.29, 1.82) is 0 Å². The molecule has 1 amide bonds. The van der Waals surface area contributed by atoms with Crippen LogP contribution >= 0.6 is 0 Å². The van der Waals surface area contributed by atoms with E-state index in [1.165, 1.54) is 6.92 Å². The van der Waals surface area contributed by atoms with Gasteiger partial charge in [0.15, 0.2) is 0 Å². The smallest absolute Gasteiger partial charge is 0.261 e. The molecule has 0 radical (unpaired) electrons. The number of rotatable bonds is 4. The van der Waals surface area contributed by atoms with Crippen molar-refractivity contribution in [1.82, 2.24) is 0 Å². The molecule has 1 aliphatic rings. The van der Waals surface area contributed by atoms with Crippen LogP contribution in [0.3, 0.4) is 0 Å². The van der Waals surface area contributed by atoms with Gasteiger partial charge in [0.2, 0.25) is 5.91 Å². The highest BCUT2D eigenvalue weighted by Crippen LogP contribution is 2.34. The Kier molecular flexibility index (Phi) is 4.80. The van der Waals surface area contributed by atoms with Gasteiger partial charge in [-0.15, -0.1) is 0 Å². The summed E-state index contributed by atoms with van der Waals surface area (Å²) in [4.78, 5) is 13.8. The van der Waals surface area contributed by atoms with Crippen molar-refractivity contribution in [2.24, 2.45) is 0 Å². The van der Waals surface area contributed by atoms with Gasteiger partial charge in [0.05, 0.1) is 10.6 Å². The summed E-state index contributed by atoms with van der Waals surface area (Å²) in [5.41, 5.74) is 4.19. The van der Waals surface area contributed by atoms with E-state index in [1.807, 2.05) is 39.0 Å². The number of nitrogens with zero attached hydrogens (tertiary/aromatic N) is 1. The number of para-hydroxylation sites is 1. The summed E-state index contributed by atoms with van der Waals surface area (Å²) in [6, 6.07) is 10.8. The third-order valence-electron chi connectivity index (χ3n) is 4.89. The van der Waals surface area contributed by atoms with Gasteiger partial charge in [0, 0.05) is 18.7 Å². The van der Waals surface area contributed by atoms with Gasteiger partial charge in [-0.05, 0) is 61.6 Å². The summed E-state index contributed by atoms with van der Waals surface area (Å²) >= 11 is 0. The minimum Gasteiger partial charge on any atom is -0.309 e. The summed E-state index contributed by atoms with van der Waals surface area (Å²) in [5, 5.41) is 0. The largest absolute Gasteiger partial charge is 0.309 e. The lowest BCUT2D eigenvalue weighted by Gasteiger charge is -2.20. The van der Waals surface area contributed by atoms with E-state index < -0.39 is 10.0 Å². The van der Waals surface area contributed by atoms with Crippen LogP contribution in [0.4, 0.5) is 11.4 Å². The minimum absolute atomic E-state index is 0.0301. The molecule has 0 spiro atoms.